The molecule has 1 saturated heterocycles. The lowest BCUT2D eigenvalue weighted by molar-refractivity contribution is -0.0631. The van der Waals surface area contributed by atoms with Crippen LogP contribution in [0.3, 0.4) is 0 Å². The third-order valence-corrected chi connectivity index (χ3v) is 5.34. The van der Waals surface area contributed by atoms with Gasteiger partial charge in [-0.25, -0.2) is 0 Å². The Bertz CT molecular complexity index is 921. The Morgan fingerprint density at radius 3 is 2.53 bits per heavy atom. The molecule has 30 heavy (non-hydrogen) atoms. The number of aromatic nitrogens is 1. The van der Waals surface area contributed by atoms with Crippen LogP contribution in [0.1, 0.15) is 30.0 Å². The van der Waals surface area contributed by atoms with Crippen molar-refractivity contribution in [1.29, 1.82) is 0 Å². The predicted octanol–water partition coefficient (Wildman–Crippen LogP) is 3.32. The van der Waals surface area contributed by atoms with Gasteiger partial charge in [0.1, 0.15) is 0 Å². The molecule has 1 fully saturated rings. The van der Waals surface area contributed by atoms with Gasteiger partial charge in [-0.2, -0.15) is 0 Å². The van der Waals surface area contributed by atoms with E-state index in [-0.39, 0.29) is 6.29 Å². The molecule has 3 rings (SSSR count). The van der Waals surface area contributed by atoms with Gasteiger partial charge in [0.05, 0.1) is 13.2 Å². The van der Waals surface area contributed by atoms with Crippen molar-refractivity contribution in [2.75, 3.05) is 26.3 Å². The fraction of sp³-hybridized carbons (Fsp3) is 0.385. The summed E-state index contributed by atoms with van der Waals surface area (Å²) < 4.78 is 11.4. The van der Waals surface area contributed by atoms with Crippen LogP contribution in [0, 0.1) is 0 Å². The average Bonchev–Trinajstić information content (AvgIpc) is 3.39. The summed E-state index contributed by atoms with van der Waals surface area (Å²) in [5.41, 5.74) is 3.93. The smallest absolute Gasteiger partial charge is 0.170 e. The Labute approximate surface area is 180 Å². The van der Waals surface area contributed by atoms with Crippen molar-refractivity contribution in [3.05, 3.63) is 83.0 Å². The lowest BCUT2D eigenvalue weighted by atomic mass is 10.1. The Morgan fingerprint density at radius 2 is 1.87 bits per heavy atom. The molecule has 160 valence electrons. The average molecular weight is 407 g/mol. The second-order valence-corrected chi connectivity index (χ2v) is 7.62. The van der Waals surface area contributed by atoms with Crippen LogP contribution in [0.25, 0.3) is 12.2 Å². The molecule has 0 amide bonds. The van der Waals surface area contributed by atoms with Gasteiger partial charge >= 0.3 is 0 Å². The van der Waals surface area contributed by atoms with Crippen LogP contribution in [0.2, 0.25) is 0 Å². The second-order valence-electron chi connectivity index (χ2n) is 7.62. The maximum absolute atomic E-state index is 5.72. The van der Waals surface area contributed by atoms with Crippen LogP contribution in [0.15, 0.2) is 55.8 Å². The molecule has 0 aliphatic carbocycles. The maximum atomic E-state index is 5.72. The molecule has 1 aromatic carbocycles. The first-order chi connectivity index (χ1) is 14.7. The molecule has 0 spiro atoms. The zero-order valence-electron chi connectivity index (χ0n) is 18.1. The van der Waals surface area contributed by atoms with E-state index >= 15 is 0 Å². The summed E-state index contributed by atoms with van der Waals surface area (Å²) in [6, 6.07) is 8.81. The second kappa shape index (κ2) is 11.7. The lowest BCUT2D eigenvalue weighted by Gasteiger charge is -2.25. The molecule has 0 atom stereocenters. The quantitative estimate of drug-likeness (QED) is 0.582. The van der Waals surface area contributed by atoms with E-state index in [0.717, 1.165) is 44.2 Å². The van der Waals surface area contributed by atoms with Crippen molar-refractivity contribution in [2.24, 2.45) is 0 Å². The Kier molecular flexibility index (Phi) is 8.69. The standard InChI is InChI=1S/C26H34N2O2/c1-4-7-21-10-12-22(13-11-21)19-28(20-26-29-16-17-30-26)15-14-23-18-27-25(9-6-3)24(23)8-5-2/h4,6,8-13,18,26-27H,1,3,5,7,14-17,19-20H2,2H3/b24-8-,25-9+. The minimum atomic E-state index is -0.136. The zero-order chi connectivity index (χ0) is 21.2. The largest absolute Gasteiger partial charge is 0.361 e. The number of hydrogen-bond donors (Lipinski definition) is 1. The molecule has 2 aromatic rings. The van der Waals surface area contributed by atoms with Gasteiger partial charge < -0.3 is 14.5 Å². The number of allylic oxidation sites excluding steroid dienone is 2. The molecule has 0 unspecified atom stereocenters. The maximum Gasteiger partial charge on any atom is 0.170 e. The highest BCUT2D eigenvalue weighted by Gasteiger charge is 2.20. The topological polar surface area (TPSA) is 37.5 Å². The number of nitrogens with zero attached hydrogens (tertiary/aromatic N) is 1. The third kappa shape index (κ3) is 6.30. The first-order valence-corrected chi connectivity index (χ1v) is 10.9. The number of nitrogens with one attached hydrogen (secondary N) is 1. The number of ether oxygens (including phenoxy) is 2. The van der Waals surface area contributed by atoms with E-state index in [1.165, 1.54) is 21.9 Å². The van der Waals surface area contributed by atoms with Crippen molar-refractivity contribution in [3.63, 3.8) is 0 Å². The minimum Gasteiger partial charge on any atom is -0.361 e. The number of rotatable bonds is 11. The highest BCUT2D eigenvalue weighted by Crippen LogP contribution is 2.12. The molecule has 0 saturated carbocycles. The van der Waals surface area contributed by atoms with Crippen molar-refractivity contribution in [2.45, 2.75) is 39.0 Å². The van der Waals surface area contributed by atoms with Gasteiger partial charge in [-0.05, 0) is 47.2 Å². The van der Waals surface area contributed by atoms with Crippen LogP contribution in [0.4, 0.5) is 0 Å². The summed E-state index contributed by atoms with van der Waals surface area (Å²) in [4.78, 5) is 5.82. The van der Waals surface area contributed by atoms with Gasteiger partial charge in [-0.1, -0.05) is 56.0 Å². The molecule has 0 radical (unpaired) electrons. The van der Waals surface area contributed by atoms with Gasteiger partial charge in [-0.3, -0.25) is 4.90 Å². The summed E-state index contributed by atoms with van der Waals surface area (Å²) in [5.74, 6) is 0. The van der Waals surface area contributed by atoms with E-state index < -0.39 is 0 Å². The van der Waals surface area contributed by atoms with Crippen LogP contribution < -0.4 is 10.6 Å². The zero-order valence-corrected chi connectivity index (χ0v) is 18.1. The van der Waals surface area contributed by atoms with Crippen molar-refractivity contribution in [3.8, 4) is 0 Å². The normalized spacial score (nSPS) is 15.9. The summed E-state index contributed by atoms with van der Waals surface area (Å²) in [6.07, 6.45) is 13.0. The minimum absolute atomic E-state index is 0.136. The monoisotopic (exact) mass is 406 g/mol. The Hall–Kier alpha value is -2.40. The highest BCUT2D eigenvalue weighted by molar-refractivity contribution is 5.39. The molecule has 4 heteroatoms. The SMILES string of the molecule is C=C/C=c1/[nH]cc(CCN(Cc2ccc(CC=C)cc2)CC2OCCO2)/c1=C/CC. The molecule has 4 nitrogen and oxygen atoms in total. The van der Waals surface area contributed by atoms with Gasteiger partial charge in [0.25, 0.3) is 0 Å². The predicted molar refractivity (Wildman–Crippen MR) is 124 cm³/mol. The van der Waals surface area contributed by atoms with Gasteiger partial charge in [0.2, 0.25) is 0 Å². The molecule has 1 aromatic heterocycles. The van der Waals surface area contributed by atoms with Crippen LogP contribution >= 0.6 is 0 Å². The molecule has 1 N–H and O–H groups in total. The van der Waals surface area contributed by atoms with Crippen LogP contribution in [-0.4, -0.2) is 42.5 Å². The number of H-pyrrole nitrogens is 1. The van der Waals surface area contributed by atoms with Crippen molar-refractivity contribution < 1.29 is 9.47 Å². The van der Waals surface area contributed by atoms with E-state index in [1.807, 2.05) is 18.2 Å². The highest BCUT2D eigenvalue weighted by atomic mass is 16.7. The van der Waals surface area contributed by atoms with Crippen LogP contribution in [0.5, 0.6) is 0 Å². The number of hydrogen-bond acceptors (Lipinski definition) is 3. The van der Waals surface area contributed by atoms with E-state index in [1.54, 1.807) is 0 Å². The molecule has 0 bridgehead atoms. The number of benzene rings is 1. The van der Waals surface area contributed by atoms with E-state index in [2.05, 4.69) is 66.5 Å². The lowest BCUT2D eigenvalue weighted by Crippen LogP contribution is -2.35. The Balaban J connectivity index is 1.72. The van der Waals surface area contributed by atoms with Gasteiger partial charge in [0.15, 0.2) is 6.29 Å². The van der Waals surface area contributed by atoms with Gasteiger partial charge in [-0.15, -0.1) is 6.58 Å². The molecule has 1 aliphatic rings. The summed E-state index contributed by atoms with van der Waals surface area (Å²) in [7, 11) is 0. The molecular weight excluding hydrogens is 372 g/mol. The fourth-order valence-electron chi connectivity index (χ4n) is 3.84. The summed E-state index contributed by atoms with van der Waals surface area (Å²) in [6.45, 7) is 13.8. The van der Waals surface area contributed by atoms with Crippen molar-refractivity contribution in [1.82, 2.24) is 9.88 Å². The summed E-state index contributed by atoms with van der Waals surface area (Å²) >= 11 is 0. The fourth-order valence-corrected chi connectivity index (χ4v) is 3.84. The molecule has 2 heterocycles. The van der Waals surface area contributed by atoms with E-state index in [4.69, 9.17) is 9.47 Å². The summed E-state index contributed by atoms with van der Waals surface area (Å²) in [5, 5.41) is 2.42. The third-order valence-electron chi connectivity index (χ3n) is 5.34. The van der Waals surface area contributed by atoms with E-state index in [0.29, 0.717) is 13.2 Å². The van der Waals surface area contributed by atoms with Gasteiger partial charge in [0, 0.05) is 31.2 Å². The number of aromatic amines is 1. The van der Waals surface area contributed by atoms with Crippen molar-refractivity contribution >= 4 is 12.2 Å². The van der Waals surface area contributed by atoms with Crippen LogP contribution in [-0.2, 0) is 28.9 Å². The molecule has 1 aliphatic heterocycles. The first-order valence-electron chi connectivity index (χ1n) is 10.9. The Morgan fingerprint density at radius 1 is 1.13 bits per heavy atom. The first kappa shape index (κ1) is 22.3. The van der Waals surface area contributed by atoms with E-state index in [9.17, 15) is 0 Å². The molecular formula is C26H34N2O2.